The Labute approximate surface area is 125 Å². The number of anilines is 1. The third kappa shape index (κ3) is 3.61. The molecule has 5 heteroatoms. The highest BCUT2D eigenvalue weighted by Crippen LogP contribution is 2.23. The van der Waals surface area contributed by atoms with Crippen LogP contribution in [0.4, 0.5) is 5.69 Å². The lowest BCUT2D eigenvalue weighted by Crippen LogP contribution is -2.40. The van der Waals surface area contributed by atoms with Gasteiger partial charge in [-0.3, -0.25) is 14.5 Å². The third-order valence-corrected chi connectivity index (χ3v) is 4.05. The Hall–Kier alpha value is -1.88. The summed E-state index contributed by atoms with van der Waals surface area (Å²) in [5.41, 5.74) is 0.882. The van der Waals surface area contributed by atoms with Crippen LogP contribution in [0.2, 0.25) is 0 Å². The number of carbonyl (C=O) groups excluding carboxylic acids is 1. The van der Waals surface area contributed by atoms with Crippen molar-refractivity contribution < 1.29 is 14.7 Å². The zero-order valence-corrected chi connectivity index (χ0v) is 12.5. The van der Waals surface area contributed by atoms with Crippen LogP contribution in [-0.2, 0) is 9.59 Å². The fourth-order valence-electron chi connectivity index (χ4n) is 2.91. The molecule has 0 aliphatic carbocycles. The van der Waals surface area contributed by atoms with Crippen molar-refractivity contribution in [3.8, 4) is 0 Å². The molecule has 1 aromatic carbocycles. The maximum atomic E-state index is 12.5. The van der Waals surface area contributed by atoms with Crippen molar-refractivity contribution in [2.24, 2.45) is 11.8 Å². The lowest BCUT2D eigenvalue weighted by Gasteiger charge is -2.24. The van der Waals surface area contributed by atoms with E-state index >= 15 is 0 Å². The van der Waals surface area contributed by atoms with Crippen LogP contribution >= 0.6 is 0 Å². The number of carboxylic acids is 1. The molecular weight excluding hydrogens is 268 g/mol. The van der Waals surface area contributed by atoms with E-state index in [1.165, 1.54) is 0 Å². The van der Waals surface area contributed by atoms with Crippen LogP contribution < -0.4 is 4.90 Å². The van der Waals surface area contributed by atoms with Gasteiger partial charge in [0.1, 0.15) is 0 Å². The smallest absolute Gasteiger partial charge is 0.308 e. The van der Waals surface area contributed by atoms with Crippen molar-refractivity contribution in [2.75, 3.05) is 31.1 Å². The van der Waals surface area contributed by atoms with Crippen LogP contribution in [-0.4, -0.2) is 48.1 Å². The van der Waals surface area contributed by atoms with Gasteiger partial charge < -0.3 is 10.0 Å². The van der Waals surface area contributed by atoms with E-state index < -0.39 is 5.97 Å². The van der Waals surface area contributed by atoms with Crippen molar-refractivity contribution in [3.63, 3.8) is 0 Å². The minimum absolute atomic E-state index is 0.0157. The summed E-state index contributed by atoms with van der Waals surface area (Å²) in [5, 5.41) is 9.15. The lowest BCUT2D eigenvalue weighted by atomic mass is 9.99. The molecule has 2 unspecified atom stereocenters. The van der Waals surface area contributed by atoms with Gasteiger partial charge in [0.05, 0.1) is 12.5 Å². The number of hydrogen-bond donors (Lipinski definition) is 1. The van der Waals surface area contributed by atoms with Crippen molar-refractivity contribution in [1.82, 2.24) is 4.90 Å². The van der Waals surface area contributed by atoms with E-state index in [1.54, 1.807) is 4.90 Å². The first kappa shape index (κ1) is 15.5. The molecule has 0 bridgehead atoms. The largest absolute Gasteiger partial charge is 0.481 e. The molecule has 1 heterocycles. The molecular formula is C16H22N2O3. The summed E-state index contributed by atoms with van der Waals surface area (Å²) in [6.07, 6.45) is 0. The minimum atomic E-state index is -0.771. The third-order valence-electron chi connectivity index (χ3n) is 4.05. The second kappa shape index (κ2) is 6.72. The monoisotopic (exact) mass is 290 g/mol. The van der Waals surface area contributed by atoms with E-state index in [-0.39, 0.29) is 24.3 Å². The Morgan fingerprint density at radius 2 is 1.95 bits per heavy atom. The van der Waals surface area contributed by atoms with Crippen molar-refractivity contribution >= 4 is 17.6 Å². The van der Waals surface area contributed by atoms with Gasteiger partial charge in [0, 0.05) is 25.3 Å². The van der Waals surface area contributed by atoms with Gasteiger partial charge in [-0.15, -0.1) is 0 Å². The molecule has 114 valence electrons. The Morgan fingerprint density at radius 1 is 1.29 bits per heavy atom. The summed E-state index contributed by atoms with van der Waals surface area (Å²) < 4.78 is 0. The van der Waals surface area contributed by atoms with Crippen LogP contribution in [0.25, 0.3) is 0 Å². The zero-order chi connectivity index (χ0) is 15.4. The molecule has 0 radical (unpaired) electrons. The molecule has 5 nitrogen and oxygen atoms in total. The van der Waals surface area contributed by atoms with Gasteiger partial charge in [-0.2, -0.15) is 0 Å². The highest BCUT2D eigenvalue weighted by atomic mass is 16.4. The summed E-state index contributed by atoms with van der Waals surface area (Å²) >= 11 is 0. The second-order valence-electron chi connectivity index (χ2n) is 5.59. The summed E-state index contributed by atoms with van der Waals surface area (Å²) in [4.78, 5) is 27.3. The molecule has 1 aliphatic rings. The standard InChI is InChI=1S/C16H22N2O3/c1-3-18(13-7-5-4-6-8-13)15(19)11-17-9-12(2)14(10-17)16(20)21/h4-8,12,14H,3,9-11H2,1-2H3,(H,20,21). The van der Waals surface area contributed by atoms with E-state index in [1.807, 2.05) is 49.1 Å². The number of carboxylic acid groups (broad SMARTS) is 1. The van der Waals surface area contributed by atoms with E-state index in [4.69, 9.17) is 5.11 Å². The topological polar surface area (TPSA) is 60.9 Å². The molecule has 1 aliphatic heterocycles. The van der Waals surface area contributed by atoms with Gasteiger partial charge >= 0.3 is 5.97 Å². The number of hydrogen-bond acceptors (Lipinski definition) is 3. The molecule has 1 N–H and O–H groups in total. The van der Waals surface area contributed by atoms with E-state index in [2.05, 4.69) is 0 Å². The predicted molar refractivity (Wildman–Crippen MR) is 81.2 cm³/mol. The molecule has 1 fully saturated rings. The summed E-state index contributed by atoms with van der Waals surface area (Å²) in [7, 11) is 0. The number of para-hydroxylation sites is 1. The number of nitrogens with zero attached hydrogens (tertiary/aromatic N) is 2. The van der Waals surface area contributed by atoms with Crippen LogP contribution in [0.3, 0.4) is 0 Å². The molecule has 21 heavy (non-hydrogen) atoms. The quantitative estimate of drug-likeness (QED) is 0.896. The average Bonchev–Trinajstić information content (AvgIpc) is 2.81. The summed E-state index contributed by atoms with van der Waals surface area (Å²) in [6.45, 7) is 5.87. The molecule has 2 atom stereocenters. The maximum Gasteiger partial charge on any atom is 0.308 e. The fourth-order valence-corrected chi connectivity index (χ4v) is 2.91. The molecule has 1 aromatic rings. The first-order valence-corrected chi connectivity index (χ1v) is 7.33. The fraction of sp³-hybridized carbons (Fsp3) is 0.500. The van der Waals surface area contributed by atoms with Crippen molar-refractivity contribution in [2.45, 2.75) is 13.8 Å². The predicted octanol–water partition coefficient (Wildman–Crippen LogP) is 1.69. The number of aliphatic carboxylic acids is 1. The highest BCUT2D eigenvalue weighted by molar-refractivity contribution is 5.94. The zero-order valence-electron chi connectivity index (χ0n) is 12.5. The number of likely N-dealkylation sites (N-methyl/N-ethyl adjacent to an activating group) is 1. The normalized spacial score (nSPS) is 22.2. The maximum absolute atomic E-state index is 12.5. The van der Waals surface area contributed by atoms with Crippen LogP contribution in [0.5, 0.6) is 0 Å². The number of carbonyl (C=O) groups is 2. The number of amides is 1. The molecule has 1 saturated heterocycles. The molecule has 2 rings (SSSR count). The van der Waals surface area contributed by atoms with Crippen LogP contribution in [0, 0.1) is 11.8 Å². The van der Waals surface area contributed by atoms with Gasteiger partial charge in [0.15, 0.2) is 0 Å². The molecule has 0 saturated carbocycles. The number of likely N-dealkylation sites (tertiary alicyclic amines) is 1. The first-order valence-electron chi connectivity index (χ1n) is 7.33. The van der Waals surface area contributed by atoms with E-state index in [0.29, 0.717) is 19.6 Å². The van der Waals surface area contributed by atoms with E-state index in [9.17, 15) is 9.59 Å². The Kier molecular flexibility index (Phi) is 4.96. The lowest BCUT2D eigenvalue weighted by molar-refractivity contribution is -0.142. The van der Waals surface area contributed by atoms with E-state index in [0.717, 1.165) is 5.69 Å². The SMILES string of the molecule is CCN(C(=O)CN1CC(C)C(C(=O)O)C1)c1ccccc1. The van der Waals surface area contributed by atoms with Gasteiger partial charge in [-0.25, -0.2) is 0 Å². The number of benzene rings is 1. The highest BCUT2D eigenvalue weighted by Gasteiger charge is 2.35. The number of rotatable bonds is 5. The average molecular weight is 290 g/mol. The van der Waals surface area contributed by atoms with Crippen molar-refractivity contribution in [1.29, 1.82) is 0 Å². The first-order chi connectivity index (χ1) is 10.0. The van der Waals surface area contributed by atoms with Gasteiger partial charge in [-0.1, -0.05) is 25.1 Å². The molecule has 1 amide bonds. The van der Waals surface area contributed by atoms with Gasteiger partial charge in [-0.05, 0) is 25.0 Å². The Bertz CT molecular complexity index is 504. The Balaban J connectivity index is 1.99. The second-order valence-corrected chi connectivity index (χ2v) is 5.59. The molecule has 0 spiro atoms. The minimum Gasteiger partial charge on any atom is -0.481 e. The Morgan fingerprint density at radius 3 is 2.48 bits per heavy atom. The molecule has 0 aromatic heterocycles. The van der Waals surface area contributed by atoms with Crippen molar-refractivity contribution in [3.05, 3.63) is 30.3 Å². The summed E-state index contributed by atoms with van der Waals surface area (Å²) in [5.74, 6) is -1.04. The van der Waals surface area contributed by atoms with Gasteiger partial charge in [0.25, 0.3) is 0 Å². The van der Waals surface area contributed by atoms with Crippen LogP contribution in [0.15, 0.2) is 30.3 Å². The summed E-state index contributed by atoms with van der Waals surface area (Å²) in [6, 6.07) is 9.55. The van der Waals surface area contributed by atoms with Gasteiger partial charge in [0.2, 0.25) is 5.91 Å². The van der Waals surface area contributed by atoms with Crippen LogP contribution in [0.1, 0.15) is 13.8 Å².